The molecule has 1 aliphatic heterocycles. The fourth-order valence-electron chi connectivity index (χ4n) is 1.55. The Bertz CT molecular complexity index is 296. The second-order valence-corrected chi connectivity index (χ2v) is 3.83. The molecule has 0 aliphatic carbocycles. The van der Waals surface area contributed by atoms with E-state index in [9.17, 15) is 0 Å². The highest BCUT2D eigenvalue weighted by Crippen LogP contribution is 2.24. The van der Waals surface area contributed by atoms with Crippen LogP contribution in [-0.4, -0.2) is 17.1 Å². The normalized spacial score (nSPS) is 14.5. The average molecular weight is 193 g/mol. The molecule has 0 saturated carbocycles. The SMILES string of the molecule is CCC.CN1Cc2ccc(O)cc2C1. The molecule has 0 bridgehead atoms. The van der Waals surface area contributed by atoms with Crippen LogP contribution in [0.2, 0.25) is 0 Å². The van der Waals surface area contributed by atoms with Crippen molar-refractivity contribution in [3.05, 3.63) is 29.3 Å². The van der Waals surface area contributed by atoms with Gasteiger partial charge in [0.25, 0.3) is 0 Å². The summed E-state index contributed by atoms with van der Waals surface area (Å²) in [7, 11) is 2.08. The number of phenols is 1. The van der Waals surface area contributed by atoms with E-state index in [0.717, 1.165) is 13.1 Å². The van der Waals surface area contributed by atoms with Gasteiger partial charge >= 0.3 is 0 Å². The molecule has 78 valence electrons. The molecule has 0 fully saturated rings. The van der Waals surface area contributed by atoms with E-state index in [-0.39, 0.29) is 0 Å². The van der Waals surface area contributed by atoms with E-state index < -0.39 is 0 Å². The van der Waals surface area contributed by atoms with Gasteiger partial charge in [0.15, 0.2) is 0 Å². The largest absolute Gasteiger partial charge is 0.508 e. The van der Waals surface area contributed by atoms with E-state index in [2.05, 4.69) is 25.8 Å². The van der Waals surface area contributed by atoms with Crippen molar-refractivity contribution in [1.82, 2.24) is 4.90 Å². The zero-order valence-corrected chi connectivity index (χ0v) is 9.25. The minimum absolute atomic E-state index is 0.374. The van der Waals surface area contributed by atoms with E-state index in [0.29, 0.717) is 5.75 Å². The predicted molar refractivity (Wildman–Crippen MR) is 59.2 cm³/mol. The molecule has 0 atom stereocenters. The fraction of sp³-hybridized carbons (Fsp3) is 0.500. The summed E-state index contributed by atoms with van der Waals surface area (Å²) in [5.74, 6) is 0.374. The number of hydrogen-bond donors (Lipinski definition) is 1. The highest BCUT2D eigenvalue weighted by Gasteiger charge is 2.14. The van der Waals surface area contributed by atoms with Gasteiger partial charge in [0.05, 0.1) is 0 Å². The maximum Gasteiger partial charge on any atom is 0.115 e. The van der Waals surface area contributed by atoms with Crippen molar-refractivity contribution < 1.29 is 5.11 Å². The van der Waals surface area contributed by atoms with Gasteiger partial charge < -0.3 is 5.11 Å². The summed E-state index contributed by atoms with van der Waals surface area (Å²) >= 11 is 0. The van der Waals surface area contributed by atoms with Crippen molar-refractivity contribution in [2.75, 3.05) is 7.05 Å². The molecule has 0 amide bonds. The number of phenolic OH excluding ortho intramolecular Hbond substituents is 1. The third-order valence-electron chi connectivity index (χ3n) is 2.07. The quantitative estimate of drug-likeness (QED) is 0.685. The van der Waals surface area contributed by atoms with Gasteiger partial charge in [-0.25, -0.2) is 0 Å². The monoisotopic (exact) mass is 193 g/mol. The van der Waals surface area contributed by atoms with Crippen LogP contribution in [0.25, 0.3) is 0 Å². The summed E-state index contributed by atoms with van der Waals surface area (Å²) < 4.78 is 0. The molecule has 2 nitrogen and oxygen atoms in total. The maximum absolute atomic E-state index is 9.16. The lowest BCUT2D eigenvalue weighted by atomic mass is 10.1. The van der Waals surface area contributed by atoms with Crippen molar-refractivity contribution in [1.29, 1.82) is 0 Å². The standard InChI is InChI=1S/C9H11NO.C3H8/c1-10-5-7-2-3-9(11)4-8(7)6-10;1-3-2/h2-4,11H,5-6H2,1H3;3H2,1-2H3. The maximum atomic E-state index is 9.16. The Kier molecular flexibility index (Phi) is 3.96. The molecule has 1 aliphatic rings. The summed E-state index contributed by atoms with van der Waals surface area (Å²) in [6.45, 7) is 6.22. The molecule has 1 heterocycles. The average Bonchev–Trinajstić information content (AvgIpc) is 2.45. The van der Waals surface area contributed by atoms with Crippen molar-refractivity contribution in [2.24, 2.45) is 0 Å². The summed E-state index contributed by atoms with van der Waals surface area (Å²) in [6, 6.07) is 5.59. The molecular formula is C12H19NO. The third kappa shape index (κ3) is 2.74. The number of rotatable bonds is 0. The van der Waals surface area contributed by atoms with Crippen LogP contribution in [0.3, 0.4) is 0 Å². The second kappa shape index (κ2) is 5.01. The van der Waals surface area contributed by atoms with Gasteiger partial charge in [0.2, 0.25) is 0 Å². The lowest BCUT2D eigenvalue weighted by molar-refractivity contribution is 0.353. The van der Waals surface area contributed by atoms with Crippen LogP contribution in [0.15, 0.2) is 18.2 Å². The summed E-state index contributed by atoms with van der Waals surface area (Å²) in [5, 5.41) is 9.16. The molecule has 14 heavy (non-hydrogen) atoms. The van der Waals surface area contributed by atoms with Gasteiger partial charge in [-0.05, 0) is 30.3 Å². The number of fused-ring (bicyclic) bond motifs is 1. The Morgan fingerprint density at radius 2 is 1.79 bits per heavy atom. The second-order valence-electron chi connectivity index (χ2n) is 3.83. The van der Waals surface area contributed by atoms with E-state index in [4.69, 9.17) is 5.11 Å². The molecular weight excluding hydrogens is 174 g/mol. The third-order valence-corrected chi connectivity index (χ3v) is 2.07. The summed E-state index contributed by atoms with van der Waals surface area (Å²) in [5.41, 5.74) is 2.60. The Morgan fingerprint density at radius 1 is 1.21 bits per heavy atom. The highest BCUT2D eigenvalue weighted by atomic mass is 16.3. The van der Waals surface area contributed by atoms with Crippen LogP contribution in [0, 0.1) is 0 Å². The number of aromatic hydroxyl groups is 1. The van der Waals surface area contributed by atoms with Crippen LogP contribution in [0.1, 0.15) is 31.4 Å². The topological polar surface area (TPSA) is 23.5 Å². The molecule has 2 heteroatoms. The first-order valence-corrected chi connectivity index (χ1v) is 5.16. The van der Waals surface area contributed by atoms with E-state index >= 15 is 0 Å². The van der Waals surface area contributed by atoms with Gasteiger partial charge in [-0.2, -0.15) is 0 Å². The Morgan fingerprint density at radius 3 is 2.43 bits per heavy atom. The molecule has 1 N–H and O–H groups in total. The van der Waals surface area contributed by atoms with Crippen molar-refractivity contribution in [2.45, 2.75) is 33.4 Å². The Labute approximate surface area is 86.2 Å². The van der Waals surface area contributed by atoms with Gasteiger partial charge in [-0.3, -0.25) is 4.90 Å². The number of benzene rings is 1. The smallest absolute Gasteiger partial charge is 0.115 e. The molecule has 1 aromatic rings. The first kappa shape index (κ1) is 11.1. The van der Waals surface area contributed by atoms with Gasteiger partial charge in [0.1, 0.15) is 5.75 Å². The van der Waals surface area contributed by atoms with Crippen molar-refractivity contribution in [3.63, 3.8) is 0 Å². The number of hydrogen-bond acceptors (Lipinski definition) is 2. The fourth-order valence-corrected chi connectivity index (χ4v) is 1.55. The lowest BCUT2D eigenvalue weighted by Crippen LogP contribution is -2.07. The molecule has 0 aromatic heterocycles. The van der Waals surface area contributed by atoms with E-state index in [1.165, 1.54) is 17.5 Å². The first-order chi connectivity index (χ1) is 6.67. The highest BCUT2D eigenvalue weighted by molar-refractivity contribution is 5.36. The first-order valence-electron chi connectivity index (χ1n) is 5.16. The number of nitrogens with zero attached hydrogens (tertiary/aromatic N) is 1. The van der Waals surface area contributed by atoms with Crippen LogP contribution in [-0.2, 0) is 13.1 Å². The minimum Gasteiger partial charge on any atom is -0.508 e. The minimum atomic E-state index is 0.374. The lowest BCUT2D eigenvalue weighted by Gasteiger charge is -2.02. The molecule has 2 rings (SSSR count). The van der Waals surface area contributed by atoms with Crippen LogP contribution < -0.4 is 0 Å². The zero-order valence-electron chi connectivity index (χ0n) is 9.25. The van der Waals surface area contributed by atoms with E-state index in [1.54, 1.807) is 6.07 Å². The van der Waals surface area contributed by atoms with E-state index in [1.807, 2.05) is 12.1 Å². The van der Waals surface area contributed by atoms with Crippen molar-refractivity contribution in [3.8, 4) is 5.75 Å². The Balaban J connectivity index is 0.000000293. The predicted octanol–water partition coefficient (Wildman–Crippen LogP) is 2.75. The van der Waals surface area contributed by atoms with Gasteiger partial charge in [-0.1, -0.05) is 26.3 Å². The molecule has 0 spiro atoms. The Hall–Kier alpha value is -1.02. The molecule has 0 saturated heterocycles. The summed E-state index contributed by atoms with van der Waals surface area (Å²) in [6.07, 6.45) is 1.25. The molecule has 0 unspecified atom stereocenters. The molecule has 0 radical (unpaired) electrons. The van der Waals surface area contributed by atoms with Crippen LogP contribution in [0.5, 0.6) is 5.75 Å². The molecule has 1 aromatic carbocycles. The van der Waals surface area contributed by atoms with Crippen molar-refractivity contribution >= 4 is 0 Å². The van der Waals surface area contributed by atoms with Gasteiger partial charge in [0, 0.05) is 13.1 Å². The zero-order chi connectivity index (χ0) is 10.6. The van der Waals surface area contributed by atoms with Crippen LogP contribution in [0.4, 0.5) is 0 Å². The van der Waals surface area contributed by atoms with Gasteiger partial charge in [-0.15, -0.1) is 0 Å². The van der Waals surface area contributed by atoms with Crippen LogP contribution >= 0.6 is 0 Å². The summed E-state index contributed by atoms with van der Waals surface area (Å²) in [4.78, 5) is 2.23.